The summed E-state index contributed by atoms with van der Waals surface area (Å²) in [5, 5.41) is 19.5. The molecule has 3 unspecified atom stereocenters. The molecule has 1 N–H and O–H groups in total. The van der Waals surface area contributed by atoms with E-state index < -0.39 is 5.60 Å². The van der Waals surface area contributed by atoms with Crippen LogP contribution in [-0.4, -0.2) is 41.5 Å². The third kappa shape index (κ3) is 2.74. The quantitative estimate of drug-likeness (QED) is 0.896. The van der Waals surface area contributed by atoms with Gasteiger partial charge >= 0.3 is 0 Å². The first-order valence-electron chi connectivity index (χ1n) is 7.55. The molecule has 1 aromatic heterocycles. The Balaban J connectivity index is 1.83. The van der Waals surface area contributed by atoms with Gasteiger partial charge in [-0.25, -0.2) is 4.98 Å². The van der Waals surface area contributed by atoms with Crippen molar-refractivity contribution in [2.45, 2.75) is 37.8 Å². The number of nitrogens with zero attached hydrogens (tertiary/aromatic N) is 3. The number of rotatable bonds is 2. The molecule has 2 aliphatic rings. The molecular weight excluding hydrogens is 266 g/mol. The summed E-state index contributed by atoms with van der Waals surface area (Å²) < 4.78 is 5.61. The van der Waals surface area contributed by atoms with Crippen molar-refractivity contribution >= 4 is 5.69 Å². The molecule has 3 heterocycles. The minimum atomic E-state index is -0.675. The average molecular weight is 287 g/mol. The lowest BCUT2D eigenvalue weighted by atomic mass is 9.79. The number of aliphatic hydroxyl groups is 1. The summed E-state index contributed by atoms with van der Waals surface area (Å²) in [6, 6.07) is 6.01. The Bertz CT molecular complexity index is 535. The first-order chi connectivity index (χ1) is 10.1. The van der Waals surface area contributed by atoms with Gasteiger partial charge in [0.15, 0.2) is 0 Å². The number of nitriles is 1. The van der Waals surface area contributed by atoms with Crippen molar-refractivity contribution in [3.8, 4) is 6.07 Å². The summed E-state index contributed by atoms with van der Waals surface area (Å²) in [7, 11) is 0. The Morgan fingerprint density at radius 3 is 3.05 bits per heavy atom. The molecule has 0 saturated carbocycles. The molecule has 3 rings (SSSR count). The Labute approximate surface area is 125 Å². The molecule has 2 saturated heterocycles. The van der Waals surface area contributed by atoms with E-state index in [1.165, 1.54) is 0 Å². The zero-order valence-electron chi connectivity index (χ0n) is 12.3. The lowest BCUT2D eigenvalue weighted by Crippen LogP contribution is -2.52. The van der Waals surface area contributed by atoms with Gasteiger partial charge in [0.25, 0.3) is 0 Å². The molecule has 21 heavy (non-hydrogen) atoms. The van der Waals surface area contributed by atoms with E-state index in [0.29, 0.717) is 25.3 Å². The monoisotopic (exact) mass is 287 g/mol. The number of aromatic nitrogens is 1. The van der Waals surface area contributed by atoms with Gasteiger partial charge in [-0.05, 0) is 38.3 Å². The van der Waals surface area contributed by atoms with Crippen LogP contribution in [-0.2, 0) is 4.74 Å². The average Bonchev–Trinajstić information content (AvgIpc) is 2.96. The minimum absolute atomic E-state index is 0.115. The summed E-state index contributed by atoms with van der Waals surface area (Å²) in [4.78, 5) is 6.47. The van der Waals surface area contributed by atoms with Crippen LogP contribution in [0.3, 0.4) is 0 Å². The summed E-state index contributed by atoms with van der Waals surface area (Å²) in [5.41, 5.74) is 0.784. The first kappa shape index (κ1) is 14.3. The van der Waals surface area contributed by atoms with Crippen LogP contribution in [0.15, 0.2) is 18.3 Å². The Morgan fingerprint density at radius 1 is 1.52 bits per heavy atom. The molecule has 5 nitrogen and oxygen atoms in total. The van der Waals surface area contributed by atoms with Crippen LogP contribution in [0.1, 0.15) is 31.9 Å². The van der Waals surface area contributed by atoms with Crippen molar-refractivity contribution in [1.82, 2.24) is 4.98 Å². The molecule has 5 heteroatoms. The van der Waals surface area contributed by atoms with E-state index in [-0.39, 0.29) is 12.0 Å². The van der Waals surface area contributed by atoms with Gasteiger partial charge < -0.3 is 14.7 Å². The topological polar surface area (TPSA) is 69.4 Å². The highest BCUT2D eigenvalue weighted by molar-refractivity contribution is 5.48. The second-order valence-corrected chi connectivity index (χ2v) is 6.20. The molecular formula is C16H21N3O2. The Morgan fingerprint density at radius 2 is 2.38 bits per heavy atom. The van der Waals surface area contributed by atoms with Crippen LogP contribution in [0.4, 0.5) is 5.69 Å². The number of hydrogen-bond donors (Lipinski definition) is 1. The van der Waals surface area contributed by atoms with Gasteiger partial charge in [-0.1, -0.05) is 0 Å². The molecule has 0 radical (unpaired) electrons. The zero-order chi connectivity index (χ0) is 14.9. The molecule has 0 amide bonds. The highest BCUT2D eigenvalue weighted by Crippen LogP contribution is 2.37. The molecule has 1 aromatic rings. The number of hydrogen-bond acceptors (Lipinski definition) is 5. The largest absolute Gasteiger partial charge is 0.390 e. The molecule has 3 atom stereocenters. The second kappa shape index (κ2) is 5.63. The van der Waals surface area contributed by atoms with Crippen molar-refractivity contribution in [2.75, 3.05) is 24.7 Å². The fourth-order valence-electron chi connectivity index (χ4n) is 3.53. The summed E-state index contributed by atoms with van der Waals surface area (Å²) >= 11 is 0. The van der Waals surface area contributed by atoms with Crippen molar-refractivity contribution in [3.63, 3.8) is 0 Å². The fourth-order valence-corrected chi connectivity index (χ4v) is 3.53. The molecule has 0 aliphatic carbocycles. The first-order valence-corrected chi connectivity index (χ1v) is 7.55. The zero-order valence-corrected chi connectivity index (χ0v) is 12.3. The van der Waals surface area contributed by atoms with Crippen molar-refractivity contribution in [1.29, 1.82) is 5.26 Å². The van der Waals surface area contributed by atoms with Crippen molar-refractivity contribution < 1.29 is 9.84 Å². The van der Waals surface area contributed by atoms with Gasteiger partial charge in [0, 0.05) is 25.1 Å². The van der Waals surface area contributed by atoms with E-state index in [9.17, 15) is 5.11 Å². The molecule has 2 aliphatic heterocycles. The smallest absolute Gasteiger partial charge is 0.140 e. The van der Waals surface area contributed by atoms with E-state index in [1.54, 1.807) is 12.3 Å². The van der Waals surface area contributed by atoms with E-state index >= 15 is 0 Å². The highest BCUT2D eigenvalue weighted by atomic mass is 16.5. The maximum atomic E-state index is 10.7. The predicted molar refractivity (Wildman–Crippen MR) is 78.9 cm³/mol. The van der Waals surface area contributed by atoms with Crippen LogP contribution >= 0.6 is 0 Å². The Kier molecular flexibility index (Phi) is 3.83. The summed E-state index contributed by atoms with van der Waals surface area (Å²) in [6.45, 7) is 4.13. The van der Waals surface area contributed by atoms with Gasteiger partial charge in [0.2, 0.25) is 0 Å². The predicted octanol–water partition coefficient (Wildman–Crippen LogP) is 1.71. The highest BCUT2D eigenvalue weighted by Gasteiger charge is 2.44. The van der Waals surface area contributed by atoms with E-state index in [2.05, 4.69) is 9.88 Å². The number of pyridine rings is 1. The molecule has 0 bridgehead atoms. The normalized spacial score (nSPS) is 32.9. The van der Waals surface area contributed by atoms with Crippen LogP contribution in [0.2, 0.25) is 0 Å². The molecule has 0 spiro atoms. The van der Waals surface area contributed by atoms with Crippen molar-refractivity contribution in [3.05, 3.63) is 24.0 Å². The third-order valence-corrected chi connectivity index (χ3v) is 4.81. The summed E-state index contributed by atoms with van der Waals surface area (Å²) in [6.07, 6.45) is 4.62. The summed E-state index contributed by atoms with van der Waals surface area (Å²) in [5.74, 6) is 0.115. The van der Waals surface area contributed by atoms with Gasteiger partial charge in [0.1, 0.15) is 11.8 Å². The third-order valence-electron chi connectivity index (χ3n) is 4.81. The standard InChI is InChI=1S/C16H21N3O2/c1-16(20)6-8-21-11-14(16)15-3-2-7-19(15)13-5-4-12(9-17)18-10-13/h4-5,10,14-15,20H,2-3,6-8,11H2,1H3. The van der Waals surface area contributed by atoms with Crippen LogP contribution in [0, 0.1) is 17.2 Å². The number of ether oxygens (including phenoxy) is 1. The van der Waals surface area contributed by atoms with E-state index in [0.717, 1.165) is 25.1 Å². The fraction of sp³-hybridized carbons (Fsp3) is 0.625. The lowest BCUT2D eigenvalue weighted by Gasteiger charge is -2.43. The van der Waals surface area contributed by atoms with Crippen LogP contribution < -0.4 is 4.90 Å². The SMILES string of the molecule is CC1(O)CCOCC1C1CCCN1c1ccc(C#N)nc1. The van der Waals surface area contributed by atoms with Gasteiger partial charge in [-0.15, -0.1) is 0 Å². The molecule has 2 fully saturated rings. The van der Waals surface area contributed by atoms with Crippen LogP contribution in [0.5, 0.6) is 0 Å². The van der Waals surface area contributed by atoms with E-state index in [1.807, 2.05) is 19.1 Å². The maximum absolute atomic E-state index is 10.7. The lowest BCUT2D eigenvalue weighted by molar-refractivity contribution is -0.108. The minimum Gasteiger partial charge on any atom is -0.390 e. The molecule has 112 valence electrons. The van der Waals surface area contributed by atoms with Crippen molar-refractivity contribution in [2.24, 2.45) is 5.92 Å². The van der Waals surface area contributed by atoms with Crippen LogP contribution in [0.25, 0.3) is 0 Å². The van der Waals surface area contributed by atoms with E-state index in [4.69, 9.17) is 10.00 Å². The van der Waals surface area contributed by atoms with Gasteiger partial charge in [-0.2, -0.15) is 5.26 Å². The number of anilines is 1. The second-order valence-electron chi connectivity index (χ2n) is 6.20. The maximum Gasteiger partial charge on any atom is 0.140 e. The van der Waals surface area contributed by atoms with Gasteiger partial charge in [-0.3, -0.25) is 0 Å². The van der Waals surface area contributed by atoms with Gasteiger partial charge in [0.05, 0.1) is 24.1 Å². The molecule has 0 aromatic carbocycles. The Hall–Kier alpha value is -1.64.